The fourth-order valence-corrected chi connectivity index (χ4v) is 3.37. The Balaban J connectivity index is 2.09. The molecule has 9 nitrogen and oxygen atoms in total. The van der Waals surface area contributed by atoms with Crippen LogP contribution in [0.2, 0.25) is 0 Å². The molecule has 0 spiro atoms. The largest absolute Gasteiger partial charge is 0.496 e. The molecule has 1 aliphatic heterocycles. The number of hydrogen-bond acceptors (Lipinski definition) is 6. The Morgan fingerprint density at radius 2 is 2.25 bits per heavy atom. The number of carbonyl (C=O) groups is 1. The predicted molar refractivity (Wildman–Crippen MR) is 88.0 cm³/mol. The zero-order valence-corrected chi connectivity index (χ0v) is 14.3. The van der Waals surface area contributed by atoms with E-state index < -0.39 is 27.6 Å². The van der Waals surface area contributed by atoms with Crippen molar-refractivity contribution in [2.45, 2.75) is 19.9 Å². The molecule has 10 heteroatoms. The second kappa shape index (κ2) is 6.91. The molecule has 0 saturated heterocycles. The maximum atomic E-state index is 12.1. The van der Waals surface area contributed by atoms with Crippen LogP contribution in [0.4, 0.5) is 0 Å². The standard InChI is InChI=1S/C14H22N4O5S/c1-14(2,13(20)16-6-7-19)8-23-10-5-3-4-9-11(10)12(15)18-24(21,22)17-9/h3-5,9,11,17,19H,6-8H2,1-2H3,(H2,15,18)(H,16,20). The van der Waals surface area contributed by atoms with Gasteiger partial charge in [-0.1, -0.05) is 12.2 Å². The van der Waals surface area contributed by atoms with Crippen LogP contribution in [-0.2, 0) is 19.7 Å². The van der Waals surface area contributed by atoms with Crippen molar-refractivity contribution in [3.8, 4) is 0 Å². The summed E-state index contributed by atoms with van der Waals surface area (Å²) >= 11 is 0. The van der Waals surface area contributed by atoms with Crippen LogP contribution in [0.25, 0.3) is 0 Å². The fraction of sp³-hybridized carbons (Fsp3) is 0.571. The van der Waals surface area contributed by atoms with Crippen LogP contribution in [0, 0.1) is 11.3 Å². The molecule has 2 aliphatic rings. The van der Waals surface area contributed by atoms with Gasteiger partial charge < -0.3 is 20.9 Å². The number of ether oxygens (including phenoxy) is 1. The lowest BCUT2D eigenvalue weighted by molar-refractivity contribution is -0.131. The van der Waals surface area contributed by atoms with Gasteiger partial charge in [-0.05, 0) is 19.9 Å². The van der Waals surface area contributed by atoms with E-state index in [-0.39, 0.29) is 31.5 Å². The number of aliphatic hydroxyl groups excluding tert-OH is 1. The number of nitrogens with two attached hydrogens (primary N) is 1. The average molecular weight is 358 g/mol. The topological polar surface area (TPSA) is 143 Å². The van der Waals surface area contributed by atoms with Crippen molar-refractivity contribution in [1.82, 2.24) is 10.0 Å². The summed E-state index contributed by atoms with van der Waals surface area (Å²) in [5, 5.41) is 11.4. The van der Waals surface area contributed by atoms with Gasteiger partial charge in [-0.15, -0.1) is 4.40 Å². The van der Waals surface area contributed by atoms with Crippen LogP contribution >= 0.6 is 0 Å². The number of rotatable bonds is 6. The minimum atomic E-state index is -3.80. The van der Waals surface area contributed by atoms with E-state index in [0.717, 1.165) is 0 Å². The summed E-state index contributed by atoms with van der Waals surface area (Å²) < 4.78 is 34.8. The second-order valence-corrected chi connectivity index (χ2v) is 7.59. The highest BCUT2D eigenvalue weighted by molar-refractivity contribution is 7.88. The molecule has 24 heavy (non-hydrogen) atoms. The summed E-state index contributed by atoms with van der Waals surface area (Å²) in [4.78, 5) is 12.1. The first-order valence-corrected chi connectivity index (χ1v) is 8.88. The van der Waals surface area contributed by atoms with Gasteiger partial charge in [-0.25, -0.2) is 0 Å². The third-order valence-corrected chi connectivity index (χ3v) is 4.71. The van der Waals surface area contributed by atoms with Crippen molar-refractivity contribution >= 4 is 22.0 Å². The minimum Gasteiger partial charge on any atom is -0.496 e. The Hall–Kier alpha value is -1.91. The Labute approximate surface area is 140 Å². The molecule has 2 unspecified atom stereocenters. The number of amides is 1. The monoisotopic (exact) mass is 358 g/mol. The molecule has 0 aromatic carbocycles. The summed E-state index contributed by atoms with van der Waals surface area (Å²) in [6, 6.07) is -0.571. The number of carbonyl (C=O) groups excluding carboxylic acids is 1. The molecule has 0 aromatic rings. The molecule has 0 saturated carbocycles. The predicted octanol–water partition coefficient (Wildman–Crippen LogP) is -1.22. The van der Waals surface area contributed by atoms with Crippen molar-refractivity contribution < 1.29 is 23.1 Å². The van der Waals surface area contributed by atoms with Gasteiger partial charge in [0.2, 0.25) is 5.91 Å². The molecule has 0 bridgehead atoms. The maximum absolute atomic E-state index is 12.1. The number of amidine groups is 1. The highest BCUT2D eigenvalue weighted by Gasteiger charge is 2.38. The SMILES string of the molecule is CC(C)(COC1=CC=CC2NS(=O)(=O)N=C(N)C12)C(=O)NCCO. The van der Waals surface area contributed by atoms with E-state index in [0.29, 0.717) is 5.76 Å². The van der Waals surface area contributed by atoms with Gasteiger partial charge in [0.15, 0.2) is 0 Å². The van der Waals surface area contributed by atoms with Gasteiger partial charge in [0, 0.05) is 6.54 Å². The van der Waals surface area contributed by atoms with Crippen LogP contribution in [0.15, 0.2) is 28.4 Å². The van der Waals surface area contributed by atoms with Gasteiger partial charge in [0.25, 0.3) is 0 Å². The van der Waals surface area contributed by atoms with Gasteiger partial charge in [0.1, 0.15) is 18.2 Å². The first kappa shape index (κ1) is 18.4. The van der Waals surface area contributed by atoms with Gasteiger partial charge in [0.05, 0.1) is 24.0 Å². The van der Waals surface area contributed by atoms with E-state index in [1.54, 1.807) is 32.1 Å². The number of aliphatic hydroxyl groups is 1. The van der Waals surface area contributed by atoms with E-state index in [9.17, 15) is 13.2 Å². The summed E-state index contributed by atoms with van der Waals surface area (Å²) in [6.45, 7) is 3.50. The number of hydrogen-bond donors (Lipinski definition) is 4. The minimum absolute atomic E-state index is 0.0584. The first-order chi connectivity index (χ1) is 11.2. The molecular formula is C14H22N4O5S. The smallest absolute Gasteiger partial charge is 0.322 e. The van der Waals surface area contributed by atoms with E-state index in [4.69, 9.17) is 15.6 Å². The summed E-state index contributed by atoms with van der Waals surface area (Å²) in [5.74, 6) is -0.424. The van der Waals surface area contributed by atoms with Crippen molar-refractivity contribution in [1.29, 1.82) is 0 Å². The van der Waals surface area contributed by atoms with Crippen molar-refractivity contribution in [2.24, 2.45) is 21.5 Å². The Morgan fingerprint density at radius 1 is 1.54 bits per heavy atom. The highest BCUT2D eigenvalue weighted by Crippen LogP contribution is 2.28. The molecular weight excluding hydrogens is 336 g/mol. The van der Waals surface area contributed by atoms with E-state index in [1.165, 1.54) is 0 Å². The molecule has 2 atom stereocenters. The Kier molecular flexibility index (Phi) is 5.31. The molecule has 5 N–H and O–H groups in total. The third kappa shape index (κ3) is 4.13. The van der Waals surface area contributed by atoms with Crippen LogP contribution in [0.5, 0.6) is 0 Å². The number of nitrogens with zero attached hydrogens (tertiary/aromatic N) is 1. The summed E-state index contributed by atoms with van der Waals surface area (Å²) in [7, 11) is -3.80. The van der Waals surface area contributed by atoms with Crippen molar-refractivity contribution in [3.05, 3.63) is 24.0 Å². The molecule has 0 aromatic heterocycles. The zero-order chi connectivity index (χ0) is 18.0. The van der Waals surface area contributed by atoms with Crippen molar-refractivity contribution in [2.75, 3.05) is 19.8 Å². The molecule has 2 rings (SSSR count). The van der Waals surface area contributed by atoms with Crippen LogP contribution in [0.3, 0.4) is 0 Å². The number of allylic oxidation sites excluding steroid dienone is 2. The zero-order valence-electron chi connectivity index (χ0n) is 13.5. The van der Waals surface area contributed by atoms with E-state index >= 15 is 0 Å². The lowest BCUT2D eigenvalue weighted by Gasteiger charge is -2.33. The lowest BCUT2D eigenvalue weighted by atomic mass is 9.91. The number of fused-ring (bicyclic) bond motifs is 1. The van der Waals surface area contributed by atoms with Gasteiger partial charge in [-0.2, -0.15) is 13.1 Å². The van der Waals surface area contributed by atoms with E-state index in [2.05, 4.69) is 14.4 Å². The molecule has 134 valence electrons. The Morgan fingerprint density at radius 3 is 2.92 bits per heavy atom. The average Bonchev–Trinajstić information content (AvgIpc) is 2.48. The quantitative estimate of drug-likeness (QED) is 0.469. The fourth-order valence-electron chi connectivity index (χ4n) is 2.37. The van der Waals surface area contributed by atoms with Gasteiger partial charge in [-0.3, -0.25) is 4.79 Å². The maximum Gasteiger partial charge on any atom is 0.322 e. The number of nitrogens with one attached hydrogen (secondary N) is 2. The third-order valence-electron chi connectivity index (χ3n) is 3.69. The molecule has 0 fully saturated rings. The first-order valence-electron chi connectivity index (χ1n) is 7.44. The van der Waals surface area contributed by atoms with E-state index in [1.807, 2.05) is 0 Å². The lowest BCUT2D eigenvalue weighted by Crippen LogP contribution is -2.51. The highest BCUT2D eigenvalue weighted by atomic mass is 32.2. The molecule has 0 radical (unpaired) electrons. The second-order valence-electron chi connectivity index (χ2n) is 6.22. The molecule has 1 heterocycles. The summed E-state index contributed by atoms with van der Waals surface area (Å²) in [6.07, 6.45) is 5.00. The molecule has 1 aliphatic carbocycles. The van der Waals surface area contributed by atoms with Crippen LogP contribution < -0.4 is 15.8 Å². The van der Waals surface area contributed by atoms with Crippen LogP contribution in [0.1, 0.15) is 13.8 Å². The normalized spacial score (nSPS) is 25.3. The van der Waals surface area contributed by atoms with Gasteiger partial charge >= 0.3 is 10.2 Å². The molecule has 1 amide bonds. The van der Waals surface area contributed by atoms with Crippen molar-refractivity contribution in [3.63, 3.8) is 0 Å². The summed E-state index contributed by atoms with van der Waals surface area (Å²) in [5.41, 5.74) is 4.95. The van der Waals surface area contributed by atoms with Crippen LogP contribution in [-0.4, -0.2) is 51.1 Å². The Bertz CT molecular complexity index is 696.